The second-order valence-electron chi connectivity index (χ2n) is 7.03. The van der Waals surface area contributed by atoms with Gasteiger partial charge in [-0.25, -0.2) is 9.98 Å². The zero-order valence-electron chi connectivity index (χ0n) is 16.7. The van der Waals surface area contributed by atoms with E-state index in [1.807, 2.05) is 30.5 Å². The topological polar surface area (TPSA) is 85.6 Å². The molecule has 1 saturated heterocycles. The second kappa shape index (κ2) is 9.38. The van der Waals surface area contributed by atoms with Crippen LogP contribution in [0.3, 0.4) is 0 Å². The lowest BCUT2D eigenvalue weighted by Crippen LogP contribution is -2.52. The van der Waals surface area contributed by atoms with Gasteiger partial charge in [0.15, 0.2) is 5.96 Å². The van der Waals surface area contributed by atoms with Crippen molar-refractivity contribution < 1.29 is 4.52 Å². The molecule has 0 aliphatic carbocycles. The molecule has 1 aromatic carbocycles. The average Bonchev–Trinajstić information content (AvgIpc) is 3.45. The normalized spacial score (nSPS) is 15.6. The number of aliphatic imine (C=N–C) groups is 1. The minimum Gasteiger partial charge on any atom is -0.364 e. The number of H-pyrrole nitrogens is 1. The van der Waals surface area contributed by atoms with Crippen LogP contribution in [-0.4, -0.2) is 63.6 Å². The van der Waals surface area contributed by atoms with E-state index >= 15 is 0 Å². The first kappa shape index (κ1) is 19.2. The van der Waals surface area contributed by atoms with Gasteiger partial charge in [-0.2, -0.15) is 0 Å². The number of guanidine groups is 1. The molecule has 29 heavy (non-hydrogen) atoms. The number of nitrogens with zero attached hydrogens (tertiary/aromatic N) is 5. The van der Waals surface area contributed by atoms with E-state index in [-0.39, 0.29) is 0 Å². The molecule has 8 heteroatoms. The molecule has 0 spiro atoms. The summed E-state index contributed by atoms with van der Waals surface area (Å²) in [6, 6.07) is 12.1. The number of rotatable bonds is 6. The van der Waals surface area contributed by atoms with Gasteiger partial charge in [-0.05, 0) is 12.5 Å². The Morgan fingerprint density at radius 3 is 2.72 bits per heavy atom. The molecule has 1 aliphatic rings. The number of hydrogen-bond donors (Lipinski definition) is 2. The van der Waals surface area contributed by atoms with Crippen molar-refractivity contribution in [3.8, 4) is 11.3 Å². The van der Waals surface area contributed by atoms with E-state index < -0.39 is 0 Å². The van der Waals surface area contributed by atoms with Crippen molar-refractivity contribution in [1.29, 1.82) is 0 Å². The van der Waals surface area contributed by atoms with Gasteiger partial charge in [0, 0.05) is 45.3 Å². The van der Waals surface area contributed by atoms with Crippen LogP contribution in [0.4, 0.5) is 0 Å². The monoisotopic (exact) mass is 393 g/mol. The van der Waals surface area contributed by atoms with Crippen molar-refractivity contribution in [1.82, 2.24) is 30.2 Å². The molecule has 1 fully saturated rings. The molecule has 0 amide bonds. The summed E-state index contributed by atoms with van der Waals surface area (Å²) in [6.45, 7) is 8.07. The Labute approximate surface area is 170 Å². The third-order valence-electron chi connectivity index (χ3n) is 4.98. The molecule has 0 bridgehead atoms. The fraction of sp³-hybridized carbons (Fsp3) is 0.381. The molecule has 0 saturated carbocycles. The third-order valence-corrected chi connectivity index (χ3v) is 4.98. The summed E-state index contributed by atoms with van der Waals surface area (Å²) in [7, 11) is 0. The fourth-order valence-corrected chi connectivity index (χ4v) is 3.45. The Morgan fingerprint density at radius 2 is 2.00 bits per heavy atom. The number of benzene rings is 1. The lowest BCUT2D eigenvalue weighted by Gasteiger charge is -2.36. The van der Waals surface area contributed by atoms with Crippen molar-refractivity contribution in [2.45, 2.75) is 20.0 Å². The van der Waals surface area contributed by atoms with E-state index in [1.165, 1.54) is 0 Å². The van der Waals surface area contributed by atoms with Crippen molar-refractivity contribution in [2.75, 3.05) is 32.7 Å². The van der Waals surface area contributed by atoms with Gasteiger partial charge in [0.2, 0.25) is 0 Å². The Balaban J connectivity index is 1.35. The van der Waals surface area contributed by atoms with E-state index in [2.05, 4.69) is 49.3 Å². The first-order chi connectivity index (χ1) is 14.3. The fourth-order valence-electron chi connectivity index (χ4n) is 3.45. The van der Waals surface area contributed by atoms with Crippen molar-refractivity contribution >= 4 is 5.96 Å². The van der Waals surface area contributed by atoms with Crippen LogP contribution in [-0.2, 0) is 13.1 Å². The van der Waals surface area contributed by atoms with Gasteiger partial charge in [0.1, 0.15) is 18.6 Å². The van der Waals surface area contributed by atoms with Crippen LogP contribution in [0.1, 0.15) is 18.4 Å². The summed E-state index contributed by atoms with van der Waals surface area (Å²) in [6.07, 6.45) is 3.50. The van der Waals surface area contributed by atoms with Gasteiger partial charge in [-0.3, -0.25) is 4.90 Å². The summed E-state index contributed by atoms with van der Waals surface area (Å²) in [5.74, 6) is 1.80. The minimum absolute atomic E-state index is 0.522. The van der Waals surface area contributed by atoms with Crippen LogP contribution in [0.2, 0.25) is 0 Å². The first-order valence-corrected chi connectivity index (χ1v) is 10.1. The number of imidazole rings is 1. The van der Waals surface area contributed by atoms with Crippen LogP contribution in [0, 0.1) is 0 Å². The number of aromatic amines is 1. The largest absolute Gasteiger partial charge is 0.364 e. The standard InChI is InChI=1S/C21H27N7O/c1-2-22-21(28-11-9-27(10-12-28)16-18-8-13-29-26-18)24-15-20-23-14-19(25-20)17-6-4-3-5-7-17/h3-8,13-14H,2,9-12,15-16H2,1H3,(H,22,24)(H,23,25). The van der Waals surface area contributed by atoms with Crippen LogP contribution < -0.4 is 5.32 Å². The highest BCUT2D eigenvalue weighted by molar-refractivity contribution is 5.80. The molecular weight excluding hydrogens is 366 g/mol. The predicted octanol–water partition coefficient (Wildman–Crippen LogP) is 2.35. The van der Waals surface area contributed by atoms with Crippen molar-refractivity contribution in [3.05, 3.63) is 60.4 Å². The molecule has 4 rings (SSSR count). The summed E-state index contributed by atoms with van der Waals surface area (Å²) >= 11 is 0. The average molecular weight is 393 g/mol. The quantitative estimate of drug-likeness (QED) is 0.494. The van der Waals surface area contributed by atoms with Gasteiger partial charge < -0.3 is 19.7 Å². The Kier molecular flexibility index (Phi) is 6.21. The van der Waals surface area contributed by atoms with Gasteiger partial charge in [0.05, 0.1) is 17.6 Å². The number of piperazine rings is 1. The van der Waals surface area contributed by atoms with Crippen LogP contribution in [0.25, 0.3) is 11.3 Å². The molecule has 8 nitrogen and oxygen atoms in total. The Morgan fingerprint density at radius 1 is 1.17 bits per heavy atom. The molecule has 0 radical (unpaired) electrons. The molecule has 2 aromatic heterocycles. The highest BCUT2D eigenvalue weighted by atomic mass is 16.5. The van der Waals surface area contributed by atoms with E-state index in [4.69, 9.17) is 9.52 Å². The van der Waals surface area contributed by atoms with E-state index in [0.717, 1.165) is 68.0 Å². The minimum atomic E-state index is 0.522. The lowest BCUT2D eigenvalue weighted by molar-refractivity contribution is 0.169. The van der Waals surface area contributed by atoms with Gasteiger partial charge >= 0.3 is 0 Å². The maximum absolute atomic E-state index is 4.93. The maximum Gasteiger partial charge on any atom is 0.194 e. The molecular formula is C21H27N7O. The van der Waals surface area contributed by atoms with Crippen LogP contribution >= 0.6 is 0 Å². The SMILES string of the molecule is CCNC(=NCc1ncc(-c2ccccc2)[nH]1)N1CCN(Cc2ccon2)CC1. The Bertz CT molecular complexity index is 896. The van der Waals surface area contributed by atoms with E-state index in [0.29, 0.717) is 6.54 Å². The van der Waals surface area contributed by atoms with E-state index in [1.54, 1.807) is 6.26 Å². The number of nitrogens with one attached hydrogen (secondary N) is 2. The van der Waals surface area contributed by atoms with Gasteiger partial charge in [-0.1, -0.05) is 35.5 Å². The van der Waals surface area contributed by atoms with Crippen molar-refractivity contribution in [2.24, 2.45) is 4.99 Å². The zero-order valence-corrected chi connectivity index (χ0v) is 16.7. The molecule has 152 valence electrons. The van der Waals surface area contributed by atoms with Gasteiger partial charge in [0.25, 0.3) is 0 Å². The second-order valence-corrected chi connectivity index (χ2v) is 7.03. The molecule has 3 heterocycles. The van der Waals surface area contributed by atoms with Crippen LogP contribution in [0.5, 0.6) is 0 Å². The molecule has 2 N–H and O–H groups in total. The van der Waals surface area contributed by atoms with E-state index in [9.17, 15) is 0 Å². The summed E-state index contributed by atoms with van der Waals surface area (Å²) in [5.41, 5.74) is 3.12. The predicted molar refractivity (Wildman–Crippen MR) is 112 cm³/mol. The maximum atomic E-state index is 4.93. The smallest absolute Gasteiger partial charge is 0.194 e. The molecule has 0 unspecified atom stereocenters. The van der Waals surface area contributed by atoms with Gasteiger partial charge in [-0.15, -0.1) is 0 Å². The summed E-state index contributed by atoms with van der Waals surface area (Å²) in [4.78, 5) is 17.4. The summed E-state index contributed by atoms with van der Waals surface area (Å²) < 4.78 is 4.93. The molecule has 3 aromatic rings. The highest BCUT2D eigenvalue weighted by Gasteiger charge is 2.20. The first-order valence-electron chi connectivity index (χ1n) is 10.1. The molecule has 1 aliphatic heterocycles. The highest BCUT2D eigenvalue weighted by Crippen LogP contribution is 2.16. The van der Waals surface area contributed by atoms with Crippen molar-refractivity contribution in [3.63, 3.8) is 0 Å². The zero-order chi connectivity index (χ0) is 19.9. The summed E-state index contributed by atoms with van der Waals surface area (Å²) in [5, 5.41) is 7.41. The number of hydrogen-bond acceptors (Lipinski definition) is 5. The van der Waals surface area contributed by atoms with Crippen LogP contribution in [0.15, 0.2) is 58.4 Å². The Hall–Kier alpha value is -3.13. The number of aromatic nitrogens is 3. The molecule has 0 atom stereocenters. The lowest BCUT2D eigenvalue weighted by atomic mass is 10.2. The third kappa shape index (κ3) is 5.03.